The zero-order chi connectivity index (χ0) is 21.8. The molecule has 3 heteroatoms. The summed E-state index contributed by atoms with van der Waals surface area (Å²) in [5.74, 6) is 0.0679. The molecule has 4 rings (SSSR count). The van der Waals surface area contributed by atoms with Crippen molar-refractivity contribution in [1.29, 1.82) is 0 Å². The van der Waals surface area contributed by atoms with Gasteiger partial charge in [-0.1, -0.05) is 49.9 Å². The summed E-state index contributed by atoms with van der Waals surface area (Å²) in [5, 5.41) is 6.85. The van der Waals surface area contributed by atoms with Crippen molar-refractivity contribution in [2.24, 2.45) is 0 Å². The first-order chi connectivity index (χ1) is 15.0. The molecule has 2 aromatic rings. The van der Waals surface area contributed by atoms with Crippen molar-refractivity contribution in [2.75, 3.05) is 5.32 Å². The molecule has 2 fully saturated rings. The minimum absolute atomic E-state index is 0.0679. The van der Waals surface area contributed by atoms with Crippen LogP contribution in [-0.2, 0) is 4.79 Å². The number of nitrogens with one attached hydrogen (secondary N) is 2. The molecule has 0 atom stereocenters. The van der Waals surface area contributed by atoms with E-state index in [1.165, 1.54) is 66.5 Å². The van der Waals surface area contributed by atoms with Crippen molar-refractivity contribution in [2.45, 2.75) is 84.2 Å². The molecule has 164 valence electrons. The summed E-state index contributed by atoms with van der Waals surface area (Å²) in [5.41, 5.74) is 8.05. The van der Waals surface area contributed by atoms with Crippen LogP contribution < -0.4 is 10.6 Å². The number of carbonyl (C=O) groups excluding carboxylic acids is 1. The molecule has 0 unspecified atom stereocenters. The molecule has 31 heavy (non-hydrogen) atoms. The van der Waals surface area contributed by atoms with E-state index >= 15 is 0 Å². The van der Waals surface area contributed by atoms with Crippen LogP contribution in [0.4, 0.5) is 5.69 Å². The number of hydrogen-bond acceptors (Lipinski definition) is 2. The van der Waals surface area contributed by atoms with Gasteiger partial charge in [0.1, 0.15) is 0 Å². The summed E-state index contributed by atoms with van der Waals surface area (Å²) in [4.78, 5) is 12.6. The zero-order valence-corrected chi connectivity index (χ0v) is 19.3. The van der Waals surface area contributed by atoms with Crippen molar-refractivity contribution in [1.82, 2.24) is 5.32 Å². The maximum atomic E-state index is 12.6. The topological polar surface area (TPSA) is 41.1 Å². The Balaban J connectivity index is 1.48. The average Bonchev–Trinajstić information content (AvgIpc) is 3.45. The molecule has 2 aliphatic rings. The third-order valence-electron chi connectivity index (χ3n) is 6.96. The highest BCUT2D eigenvalue weighted by Crippen LogP contribution is 2.30. The molecule has 0 aliphatic heterocycles. The smallest absolute Gasteiger partial charge is 0.247 e. The Hall–Kier alpha value is -2.55. The van der Waals surface area contributed by atoms with Gasteiger partial charge >= 0.3 is 0 Å². The predicted molar refractivity (Wildman–Crippen MR) is 131 cm³/mol. The fraction of sp³-hybridized carbons (Fsp3) is 0.464. The number of aryl methyl sites for hydroxylation is 2. The first-order valence-electron chi connectivity index (χ1n) is 12.0. The summed E-state index contributed by atoms with van der Waals surface area (Å²) in [6.45, 7) is 6.21. The Morgan fingerprint density at radius 3 is 2.13 bits per heavy atom. The third-order valence-corrected chi connectivity index (χ3v) is 6.96. The highest BCUT2D eigenvalue weighted by molar-refractivity contribution is 5.97. The molecule has 0 radical (unpaired) electrons. The molecule has 2 aromatic carbocycles. The number of hydrogen-bond donors (Lipinski definition) is 2. The molecule has 2 N–H and O–H groups in total. The summed E-state index contributed by atoms with van der Waals surface area (Å²) in [6, 6.07) is 14.3. The maximum Gasteiger partial charge on any atom is 0.247 e. The first-order valence-corrected chi connectivity index (χ1v) is 12.0. The quantitative estimate of drug-likeness (QED) is 0.509. The first kappa shape index (κ1) is 21.7. The average molecular weight is 417 g/mol. The van der Waals surface area contributed by atoms with E-state index in [-0.39, 0.29) is 5.91 Å². The second-order valence-electron chi connectivity index (χ2n) is 9.51. The van der Waals surface area contributed by atoms with Crippen LogP contribution in [0.25, 0.3) is 17.2 Å². The van der Waals surface area contributed by atoms with Gasteiger partial charge < -0.3 is 10.6 Å². The summed E-state index contributed by atoms with van der Waals surface area (Å²) in [6.07, 6.45) is 12.0. The second kappa shape index (κ2) is 9.72. The van der Waals surface area contributed by atoms with Crippen LogP contribution >= 0.6 is 0 Å². The van der Waals surface area contributed by atoms with Crippen LogP contribution in [0.2, 0.25) is 0 Å². The number of rotatable bonds is 6. The standard InChI is InChI=1S/C28H36N2O/c1-19-18-27(22-12-14-26(15-13-22)29-24-8-4-5-9-24)20(2)16-23(19)17-21(3)28(31)30-25-10-6-7-11-25/h12-18,24-25,29H,4-11H2,1-3H3,(H,30,31)/b21-17+. The molecule has 0 saturated heterocycles. The van der Waals surface area contributed by atoms with Crippen LogP contribution in [0.3, 0.4) is 0 Å². The monoisotopic (exact) mass is 416 g/mol. The number of amides is 1. The Bertz CT molecular complexity index is 946. The molecule has 0 bridgehead atoms. The SMILES string of the molecule is C/C(=C\c1cc(C)c(-c2ccc(NC3CCCC3)cc2)cc1C)C(=O)NC1CCCC1. The van der Waals surface area contributed by atoms with Gasteiger partial charge in [-0.2, -0.15) is 0 Å². The van der Waals surface area contributed by atoms with E-state index in [2.05, 4.69) is 60.9 Å². The highest BCUT2D eigenvalue weighted by atomic mass is 16.1. The predicted octanol–water partition coefficient (Wildman–Crippen LogP) is 6.79. The van der Waals surface area contributed by atoms with E-state index in [0.717, 1.165) is 24.0 Å². The van der Waals surface area contributed by atoms with E-state index < -0.39 is 0 Å². The third kappa shape index (κ3) is 5.39. The Morgan fingerprint density at radius 2 is 1.48 bits per heavy atom. The highest BCUT2D eigenvalue weighted by Gasteiger charge is 2.18. The van der Waals surface area contributed by atoms with Gasteiger partial charge in [-0.3, -0.25) is 4.79 Å². The Kier molecular flexibility index (Phi) is 6.80. The lowest BCUT2D eigenvalue weighted by Crippen LogP contribution is -2.33. The van der Waals surface area contributed by atoms with Crippen molar-refractivity contribution >= 4 is 17.7 Å². The second-order valence-corrected chi connectivity index (χ2v) is 9.51. The lowest BCUT2D eigenvalue weighted by molar-refractivity contribution is -0.118. The molecule has 2 aliphatic carbocycles. The molecular formula is C28H36N2O. The summed E-state index contributed by atoms with van der Waals surface area (Å²) < 4.78 is 0. The molecular weight excluding hydrogens is 380 g/mol. The summed E-state index contributed by atoms with van der Waals surface area (Å²) in [7, 11) is 0. The molecule has 0 aromatic heterocycles. The van der Waals surface area contributed by atoms with Crippen LogP contribution in [0.5, 0.6) is 0 Å². The van der Waals surface area contributed by atoms with Gasteiger partial charge in [0.05, 0.1) is 0 Å². The lowest BCUT2D eigenvalue weighted by atomic mass is 9.94. The minimum atomic E-state index is 0.0679. The van der Waals surface area contributed by atoms with E-state index in [9.17, 15) is 4.79 Å². The lowest BCUT2D eigenvalue weighted by Gasteiger charge is -2.15. The molecule has 3 nitrogen and oxygen atoms in total. The summed E-state index contributed by atoms with van der Waals surface area (Å²) >= 11 is 0. The van der Waals surface area contributed by atoms with Crippen LogP contribution in [0.1, 0.15) is 75.0 Å². The number of benzene rings is 2. The zero-order valence-electron chi connectivity index (χ0n) is 19.3. The van der Waals surface area contributed by atoms with Gasteiger partial charge in [0.15, 0.2) is 0 Å². The van der Waals surface area contributed by atoms with Crippen LogP contribution in [-0.4, -0.2) is 18.0 Å². The van der Waals surface area contributed by atoms with Crippen molar-refractivity contribution in [3.05, 3.63) is 58.7 Å². The van der Waals surface area contributed by atoms with Gasteiger partial charge in [-0.15, -0.1) is 0 Å². The van der Waals surface area contributed by atoms with Crippen molar-refractivity contribution in [3.63, 3.8) is 0 Å². The molecule has 1 amide bonds. The van der Waals surface area contributed by atoms with Crippen LogP contribution in [0.15, 0.2) is 42.0 Å². The Morgan fingerprint density at radius 1 is 0.871 bits per heavy atom. The maximum absolute atomic E-state index is 12.6. The van der Waals surface area contributed by atoms with Gasteiger partial charge in [0, 0.05) is 23.3 Å². The Labute approximate surface area is 187 Å². The fourth-order valence-electron chi connectivity index (χ4n) is 5.03. The minimum Gasteiger partial charge on any atom is -0.382 e. The number of anilines is 1. The van der Waals surface area contributed by atoms with E-state index in [4.69, 9.17) is 0 Å². The largest absolute Gasteiger partial charge is 0.382 e. The van der Waals surface area contributed by atoms with Crippen LogP contribution in [0, 0.1) is 13.8 Å². The van der Waals surface area contributed by atoms with E-state index in [0.29, 0.717) is 12.1 Å². The normalized spacial score (nSPS) is 17.8. The number of carbonyl (C=O) groups is 1. The fourth-order valence-corrected chi connectivity index (χ4v) is 5.03. The van der Waals surface area contributed by atoms with E-state index in [1.54, 1.807) is 0 Å². The molecule has 2 saturated carbocycles. The van der Waals surface area contributed by atoms with E-state index in [1.807, 2.05) is 13.0 Å². The molecule has 0 heterocycles. The van der Waals surface area contributed by atoms with Gasteiger partial charge in [0.2, 0.25) is 5.91 Å². The molecule has 0 spiro atoms. The van der Waals surface area contributed by atoms with Crippen molar-refractivity contribution < 1.29 is 4.79 Å². The van der Waals surface area contributed by atoms with Gasteiger partial charge in [0.25, 0.3) is 0 Å². The van der Waals surface area contributed by atoms with Gasteiger partial charge in [-0.25, -0.2) is 0 Å². The van der Waals surface area contributed by atoms with Gasteiger partial charge in [-0.05, 0) is 92.5 Å². The van der Waals surface area contributed by atoms with Crippen molar-refractivity contribution in [3.8, 4) is 11.1 Å².